The van der Waals surface area contributed by atoms with Crippen LogP contribution in [0.2, 0.25) is 0 Å². The minimum atomic E-state index is -0.277. The van der Waals surface area contributed by atoms with Gasteiger partial charge in [0, 0.05) is 24.5 Å². The third-order valence-electron chi connectivity index (χ3n) is 4.64. The van der Waals surface area contributed by atoms with Crippen LogP contribution in [-0.2, 0) is 4.79 Å². The molecular weight excluding hydrogens is 346 g/mol. The molecule has 1 amide bonds. The fourth-order valence-electron chi connectivity index (χ4n) is 3.11. The van der Waals surface area contributed by atoms with Crippen molar-refractivity contribution in [3.8, 4) is 17.5 Å². The first-order valence-electron chi connectivity index (χ1n) is 8.97. The number of amides is 1. The quantitative estimate of drug-likeness (QED) is 0.728. The molecule has 1 atom stereocenters. The zero-order valence-electron chi connectivity index (χ0n) is 15.6. The Morgan fingerprint density at radius 3 is 2.96 bits per heavy atom. The van der Waals surface area contributed by atoms with Gasteiger partial charge in [0.15, 0.2) is 6.54 Å². The highest BCUT2D eigenvalue weighted by molar-refractivity contribution is 5.78. The van der Waals surface area contributed by atoms with Crippen molar-refractivity contribution in [3.05, 3.63) is 24.5 Å². The Labute approximate surface area is 158 Å². The Morgan fingerprint density at radius 1 is 1.44 bits per heavy atom. The van der Waals surface area contributed by atoms with E-state index in [0.29, 0.717) is 42.5 Å². The molecule has 2 aromatic rings. The van der Waals surface area contributed by atoms with Gasteiger partial charge in [0.1, 0.15) is 6.04 Å². The van der Waals surface area contributed by atoms with Crippen molar-refractivity contribution in [2.45, 2.75) is 18.9 Å². The molecule has 3 heterocycles. The first-order valence-corrected chi connectivity index (χ1v) is 8.97. The van der Waals surface area contributed by atoms with Crippen LogP contribution in [0.5, 0.6) is 0 Å². The summed E-state index contributed by atoms with van der Waals surface area (Å²) in [7, 11) is 3.99. The summed E-state index contributed by atoms with van der Waals surface area (Å²) in [6.45, 7) is 2.31. The maximum absolute atomic E-state index is 12.5. The lowest BCUT2D eigenvalue weighted by Crippen LogP contribution is -2.51. The van der Waals surface area contributed by atoms with E-state index in [4.69, 9.17) is 9.78 Å². The lowest BCUT2D eigenvalue weighted by Gasteiger charge is -2.31. The molecule has 27 heavy (non-hydrogen) atoms. The number of hydrogen-bond donors (Lipinski definition) is 1. The summed E-state index contributed by atoms with van der Waals surface area (Å²) in [6, 6.07) is 5.91. The molecule has 9 nitrogen and oxygen atoms in total. The summed E-state index contributed by atoms with van der Waals surface area (Å²) < 4.78 is 5.72. The molecule has 9 heteroatoms. The number of nitrogens with one attached hydrogen (secondary N) is 1. The summed E-state index contributed by atoms with van der Waals surface area (Å²) in [5, 5.41) is 16.2. The third kappa shape index (κ3) is 4.80. The van der Waals surface area contributed by atoms with Gasteiger partial charge in [0.2, 0.25) is 5.82 Å². The number of anilines is 1. The van der Waals surface area contributed by atoms with Crippen LogP contribution in [0.15, 0.2) is 29.0 Å². The Kier molecular flexibility index (Phi) is 5.66. The van der Waals surface area contributed by atoms with Crippen LogP contribution in [0, 0.1) is 11.3 Å². The Morgan fingerprint density at radius 2 is 2.22 bits per heavy atom. The highest BCUT2D eigenvalue weighted by atomic mass is 16.5. The standard InChI is InChI=1S/C18H24N7O2/c1-25(2,13-16(26)24-10-3-4-15(24)12-19)11-9-21-18-22-17(23-27-18)14-5-7-20-8-6-14/h5-8,15H,3-4,9-11,13H2,1-2H3,(H,21,22,23)/q+1/t15-/m0/s1. The number of rotatable bonds is 7. The maximum atomic E-state index is 12.5. The number of pyridine rings is 1. The smallest absolute Gasteiger partial charge is 0.322 e. The number of likely N-dealkylation sites (tertiary alicyclic amines) is 1. The summed E-state index contributed by atoms with van der Waals surface area (Å²) in [5.41, 5.74) is 0.834. The molecule has 0 aromatic carbocycles. The van der Waals surface area contributed by atoms with Crippen LogP contribution >= 0.6 is 0 Å². The van der Waals surface area contributed by atoms with E-state index in [1.54, 1.807) is 17.3 Å². The lowest BCUT2D eigenvalue weighted by atomic mass is 10.2. The van der Waals surface area contributed by atoms with Crippen LogP contribution in [-0.4, -0.2) is 76.7 Å². The second-order valence-corrected chi connectivity index (χ2v) is 7.28. The van der Waals surface area contributed by atoms with Crippen molar-refractivity contribution in [1.82, 2.24) is 20.0 Å². The van der Waals surface area contributed by atoms with E-state index in [2.05, 4.69) is 26.5 Å². The van der Waals surface area contributed by atoms with Crippen molar-refractivity contribution in [2.24, 2.45) is 0 Å². The first kappa shape index (κ1) is 18.8. The van der Waals surface area contributed by atoms with Gasteiger partial charge in [-0.15, -0.1) is 0 Å². The van der Waals surface area contributed by atoms with Gasteiger partial charge in [-0.3, -0.25) is 9.78 Å². The van der Waals surface area contributed by atoms with Crippen LogP contribution < -0.4 is 5.32 Å². The van der Waals surface area contributed by atoms with Gasteiger partial charge in [0.05, 0.1) is 33.3 Å². The van der Waals surface area contributed by atoms with E-state index in [1.807, 2.05) is 26.2 Å². The molecule has 0 saturated carbocycles. The van der Waals surface area contributed by atoms with Gasteiger partial charge in [-0.1, -0.05) is 5.16 Å². The van der Waals surface area contributed by atoms with Crippen LogP contribution in [0.1, 0.15) is 12.8 Å². The normalized spacial score (nSPS) is 16.9. The first-order chi connectivity index (χ1) is 13.0. The number of nitriles is 1. The zero-order valence-corrected chi connectivity index (χ0v) is 15.6. The maximum Gasteiger partial charge on any atom is 0.322 e. The highest BCUT2D eigenvalue weighted by Crippen LogP contribution is 2.18. The Hall–Kier alpha value is -2.99. The van der Waals surface area contributed by atoms with Gasteiger partial charge in [-0.2, -0.15) is 10.2 Å². The molecule has 142 valence electrons. The van der Waals surface area contributed by atoms with Gasteiger partial charge in [-0.05, 0) is 25.0 Å². The molecule has 2 aromatic heterocycles. The molecule has 1 saturated heterocycles. The number of quaternary nitrogens is 1. The molecule has 1 aliphatic heterocycles. The predicted octanol–water partition coefficient (Wildman–Crippen LogP) is 1.13. The highest BCUT2D eigenvalue weighted by Gasteiger charge is 2.32. The number of likely N-dealkylation sites (N-methyl/N-ethyl adjacent to an activating group) is 1. The molecule has 3 rings (SSSR count). The molecule has 1 aliphatic rings. The number of carbonyl (C=O) groups is 1. The number of carbonyl (C=O) groups excluding carboxylic acids is 1. The molecule has 1 fully saturated rings. The summed E-state index contributed by atoms with van der Waals surface area (Å²) in [4.78, 5) is 22.5. The molecular formula is C18H24N7O2+. The Balaban J connectivity index is 1.49. The van der Waals surface area contributed by atoms with Crippen LogP contribution in [0.25, 0.3) is 11.4 Å². The number of hydrogen-bond acceptors (Lipinski definition) is 7. The van der Waals surface area contributed by atoms with Crippen molar-refractivity contribution in [2.75, 3.05) is 45.6 Å². The van der Waals surface area contributed by atoms with E-state index in [-0.39, 0.29) is 11.9 Å². The fraction of sp³-hybridized carbons (Fsp3) is 0.500. The number of nitrogens with zero attached hydrogens (tertiary/aromatic N) is 6. The zero-order chi connectivity index (χ0) is 19.3. The van der Waals surface area contributed by atoms with E-state index >= 15 is 0 Å². The topological polar surface area (TPSA) is 108 Å². The van der Waals surface area contributed by atoms with Gasteiger partial charge in [0.25, 0.3) is 5.91 Å². The average Bonchev–Trinajstić information content (AvgIpc) is 3.31. The minimum absolute atomic E-state index is 0.0295. The largest absolute Gasteiger partial charge is 0.332 e. The van der Waals surface area contributed by atoms with Crippen molar-refractivity contribution < 1.29 is 13.8 Å². The van der Waals surface area contributed by atoms with Crippen LogP contribution in [0.3, 0.4) is 0 Å². The summed E-state index contributed by atoms with van der Waals surface area (Å²) in [5.74, 6) is 0.530. The van der Waals surface area contributed by atoms with Crippen molar-refractivity contribution in [1.29, 1.82) is 5.26 Å². The van der Waals surface area contributed by atoms with E-state index < -0.39 is 0 Å². The van der Waals surface area contributed by atoms with Crippen molar-refractivity contribution >= 4 is 11.9 Å². The molecule has 0 spiro atoms. The fourth-order valence-corrected chi connectivity index (χ4v) is 3.11. The molecule has 0 aliphatic carbocycles. The predicted molar refractivity (Wildman–Crippen MR) is 98.2 cm³/mol. The lowest BCUT2D eigenvalue weighted by molar-refractivity contribution is -0.881. The Bertz CT molecular complexity index is 813. The summed E-state index contributed by atoms with van der Waals surface area (Å²) >= 11 is 0. The van der Waals surface area contributed by atoms with Crippen molar-refractivity contribution in [3.63, 3.8) is 0 Å². The molecule has 0 radical (unpaired) electrons. The molecule has 0 bridgehead atoms. The van der Waals surface area contributed by atoms with E-state index in [0.717, 1.165) is 18.4 Å². The molecule has 0 unspecified atom stereocenters. The van der Waals surface area contributed by atoms with Gasteiger partial charge in [-0.25, -0.2) is 0 Å². The molecule has 1 N–H and O–H groups in total. The van der Waals surface area contributed by atoms with Crippen LogP contribution in [0.4, 0.5) is 6.01 Å². The average molecular weight is 370 g/mol. The van der Waals surface area contributed by atoms with Gasteiger partial charge >= 0.3 is 6.01 Å². The summed E-state index contributed by atoms with van der Waals surface area (Å²) in [6.07, 6.45) is 5.02. The van der Waals surface area contributed by atoms with E-state index in [1.165, 1.54) is 0 Å². The monoisotopic (exact) mass is 370 g/mol. The second kappa shape index (κ2) is 8.14. The number of aromatic nitrogens is 3. The van der Waals surface area contributed by atoms with Gasteiger partial charge < -0.3 is 19.2 Å². The second-order valence-electron chi connectivity index (χ2n) is 7.28. The third-order valence-corrected chi connectivity index (χ3v) is 4.64. The SMILES string of the molecule is C[N+](C)(CCNc1nc(-c2ccncc2)no1)CC(=O)N1CCC[C@H]1C#N. The minimum Gasteiger partial charge on any atom is -0.332 e. The van der Waals surface area contributed by atoms with E-state index in [9.17, 15) is 4.79 Å².